The predicted molar refractivity (Wildman–Crippen MR) is 100 cm³/mol. The van der Waals surface area contributed by atoms with E-state index in [1.165, 1.54) is 3.97 Å². The van der Waals surface area contributed by atoms with Crippen LogP contribution in [0.3, 0.4) is 0 Å². The lowest BCUT2D eigenvalue weighted by Gasteiger charge is -2.31. The van der Waals surface area contributed by atoms with Gasteiger partial charge in [0.05, 0.1) is 7.11 Å². The molecule has 2 aromatic rings. The second-order valence-electron chi connectivity index (χ2n) is 6.65. The van der Waals surface area contributed by atoms with Crippen LogP contribution < -0.4 is 4.74 Å². The zero-order valence-corrected chi connectivity index (χ0v) is 15.6. The maximum Gasteiger partial charge on any atom is 0.247 e. The quantitative estimate of drug-likeness (QED) is 0.814. The van der Waals surface area contributed by atoms with Crippen molar-refractivity contribution in [3.63, 3.8) is 0 Å². The molecule has 0 N–H and O–H groups in total. The average Bonchev–Trinajstić information content (AvgIpc) is 3.14. The fourth-order valence-corrected chi connectivity index (χ4v) is 4.67. The molecule has 1 unspecified atom stereocenters. The number of aromatic nitrogens is 1. The van der Waals surface area contributed by atoms with Crippen LogP contribution in [0, 0.1) is 0 Å². The number of benzene rings is 1. The van der Waals surface area contributed by atoms with Gasteiger partial charge in [0, 0.05) is 12.4 Å². The highest BCUT2D eigenvalue weighted by atomic mass is 32.2. The van der Waals surface area contributed by atoms with Gasteiger partial charge in [0.15, 0.2) is 0 Å². The molecule has 1 aliphatic carbocycles. The second-order valence-corrected chi connectivity index (χ2v) is 8.96. The van der Waals surface area contributed by atoms with Gasteiger partial charge in [-0.1, -0.05) is 35.4 Å². The maximum atomic E-state index is 13.0. The lowest BCUT2D eigenvalue weighted by Crippen LogP contribution is -2.39. The summed E-state index contributed by atoms with van der Waals surface area (Å²) in [6.07, 6.45) is 8.14. The van der Waals surface area contributed by atoms with Crippen molar-refractivity contribution < 1.29 is 13.2 Å². The van der Waals surface area contributed by atoms with E-state index in [2.05, 4.69) is 0 Å². The lowest BCUT2D eigenvalue weighted by molar-refractivity contribution is 0.414. The summed E-state index contributed by atoms with van der Waals surface area (Å²) in [7, 11) is -1.86. The molecule has 1 heterocycles. The van der Waals surface area contributed by atoms with Crippen LogP contribution in [0.1, 0.15) is 25.8 Å². The summed E-state index contributed by atoms with van der Waals surface area (Å²) in [4.78, 5) is 0. The standard InChI is InChI=1S/C20H23NO3S/c1-16-10-11-20(2,25(22,23)21-12-4-5-13-21)15-18(16)14-17-6-8-19(24-3)9-7-17/h4-13H,14-15H2,1-3H3. The van der Waals surface area contributed by atoms with Crippen molar-refractivity contribution in [1.29, 1.82) is 0 Å². The topological polar surface area (TPSA) is 48.3 Å². The molecule has 132 valence electrons. The third-order valence-electron chi connectivity index (χ3n) is 4.83. The van der Waals surface area contributed by atoms with E-state index in [1.54, 1.807) is 38.6 Å². The Morgan fingerprint density at radius 1 is 1.16 bits per heavy atom. The first-order valence-corrected chi connectivity index (χ1v) is 9.69. The molecular formula is C20H23NO3S. The summed E-state index contributed by atoms with van der Waals surface area (Å²) in [5, 5.41) is 0. The van der Waals surface area contributed by atoms with Crippen LogP contribution in [-0.4, -0.2) is 24.2 Å². The van der Waals surface area contributed by atoms with E-state index in [0.717, 1.165) is 28.9 Å². The molecule has 5 heteroatoms. The first-order valence-electron chi connectivity index (χ1n) is 8.25. The Kier molecular flexibility index (Phi) is 4.60. The Hall–Kier alpha value is -2.27. The van der Waals surface area contributed by atoms with Crippen LogP contribution in [-0.2, 0) is 16.4 Å². The van der Waals surface area contributed by atoms with Gasteiger partial charge in [-0.25, -0.2) is 8.42 Å². The summed E-state index contributed by atoms with van der Waals surface area (Å²) in [5.41, 5.74) is 3.42. The highest BCUT2D eigenvalue weighted by Gasteiger charge is 2.40. The van der Waals surface area contributed by atoms with E-state index in [0.29, 0.717) is 6.42 Å². The van der Waals surface area contributed by atoms with Crippen molar-refractivity contribution >= 4 is 10.0 Å². The molecule has 0 saturated heterocycles. The Labute approximate surface area is 149 Å². The molecule has 0 fully saturated rings. The second kappa shape index (κ2) is 6.56. The van der Waals surface area contributed by atoms with E-state index < -0.39 is 14.8 Å². The number of allylic oxidation sites excluding steroid dienone is 3. The van der Waals surface area contributed by atoms with Crippen LogP contribution >= 0.6 is 0 Å². The van der Waals surface area contributed by atoms with E-state index in [4.69, 9.17) is 4.74 Å². The van der Waals surface area contributed by atoms with Gasteiger partial charge in [-0.05, 0) is 56.5 Å². The molecule has 0 spiro atoms. The van der Waals surface area contributed by atoms with Gasteiger partial charge < -0.3 is 4.74 Å². The van der Waals surface area contributed by atoms with Crippen LogP contribution in [0.2, 0.25) is 0 Å². The molecule has 1 aromatic heterocycles. The van der Waals surface area contributed by atoms with Gasteiger partial charge in [0.25, 0.3) is 0 Å². The van der Waals surface area contributed by atoms with Crippen LogP contribution in [0.4, 0.5) is 0 Å². The molecule has 0 amide bonds. The highest BCUT2D eigenvalue weighted by molar-refractivity contribution is 7.91. The molecule has 0 aliphatic heterocycles. The summed E-state index contributed by atoms with van der Waals surface area (Å²) in [6, 6.07) is 11.4. The third-order valence-corrected chi connectivity index (χ3v) is 7.09. The van der Waals surface area contributed by atoms with Gasteiger partial charge in [-0.3, -0.25) is 3.97 Å². The largest absolute Gasteiger partial charge is 0.497 e. The number of ether oxygens (including phenoxy) is 1. The Morgan fingerprint density at radius 3 is 2.40 bits per heavy atom. The Balaban J connectivity index is 1.87. The number of nitrogens with zero attached hydrogens (tertiary/aromatic N) is 1. The number of methoxy groups -OCH3 is 1. The monoisotopic (exact) mass is 357 g/mol. The fraction of sp³-hybridized carbons (Fsp3) is 0.300. The normalized spacial score (nSPS) is 20.8. The minimum atomic E-state index is -3.50. The zero-order valence-electron chi connectivity index (χ0n) is 14.8. The minimum absolute atomic E-state index is 0.488. The number of rotatable bonds is 5. The van der Waals surface area contributed by atoms with Crippen molar-refractivity contribution in [2.24, 2.45) is 0 Å². The minimum Gasteiger partial charge on any atom is -0.497 e. The van der Waals surface area contributed by atoms with Crippen molar-refractivity contribution in [3.05, 3.63) is 77.7 Å². The lowest BCUT2D eigenvalue weighted by atomic mass is 9.87. The SMILES string of the molecule is COc1ccc(CC2=C(C)C=CC(C)(S(=O)(=O)n3cccc3)C2)cc1. The maximum absolute atomic E-state index is 13.0. The van der Waals surface area contributed by atoms with Crippen molar-refractivity contribution in [3.8, 4) is 5.75 Å². The van der Waals surface area contributed by atoms with Crippen molar-refractivity contribution in [2.75, 3.05) is 7.11 Å². The van der Waals surface area contributed by atoms with Gasteiger partial charge in [-0.15, -0.1) is 0 Å². The molecule has 3 rings (SSSR count). The summed E-state index contributed by atoms with van der Waals surface area (Å²) < 4.78 is 31.6. The predicted octanol–water partition coefficient (Wildman–Crippen LogP) is 3.95. The molecule has 4 nitrogen and oxygen atoms in total. The van der Waals surface area contributed by atoms with Crippen LogP contribution in [0.5, 0.6) is 5.75 Å². The van der Waals surface area contributed by atoms with E-state index in [9.17, 15) is 8.42 Å². The van der Waals surface area contributed by atoms with E-state index >= 15 is 0 Å². The van der Waals surface area contributed by atoms with Gasteiger partial charge >= 0.3 is 0 Å². The van der Waals surface area contributed by atoms with Crippen LogP contribution in [0.15, 0.2) is 72.1 Å². The number of hydrogen-bond donors (Lipinski definition) is 0. The Bertz CT molecular complexity index is 906. The molecule has 0 bridgehead atoms. The zero-order chi connectivity index (χ0) is 18.1. The van der Waals surface area contributed by atoms with Gasteiger partial charge in [-0.2, -0.15) is 0 Å². The molecule has 1 aromatic carbocycles. The fourth-order valence-electron chi connectivity index (χ4n) is 3.13. The first kappa shape index (κ1) is 17.5. The smallest absolute Gasteiger partial charge is 0.247 e. The van der Waals surface area contributed by atoms with Crippen molar-refractivity contribution in [1.82, 2.24) is 3.97 Å². The van der Waals surface area contributed by atoms with Gasteiger partial charge in [0.2, 0.25) is 10.0 Å². The molecule has 25 heavy (non-hydrogen) atoms. The van der Waals surface area contributed by atoms with E-state index in [-0.39, 0.29) is 0 Å². The first-order chi connectivity index (χ1) is 11.9. The molecule has 0 radical (unpaired) electrons. The highest BCUT2D eigenvalue weighted by Crippen LogP contribution is 2.36. The summed E-state index contributed by atoms with van der Waals surface area (Å²) in [5.74, 6) is 0.818. The van der Waals surface area contributed by atoms with E-state index in [1.807, 2.05) is 43.3 Å². The molecule has 1 aliphatic rings. The van der Waals surface area contributed by atoms with Crippen LogP contribution in [0.25, 0.3) is 0 Å². The molecule has 1 atom stereocenters. The molecule has 0 saturated carbocycles. The Morgan fingerprint density at radius 2 is 1.80 bits per heavy atom. The number of hydrogen-bond acceptors (Lipinski definition) is 3. The average molecular weight is 357 g/mol. The third kappa shape index (κ3) is 3.29. The van der Waals surface area contributed by atoms with Gasteiger partial charge in [0.1, 0.15) is 10.5 Å². The summed E-state index contributed by atoms with van der Waals surface area (Å²) in [6.45, 7) is 3.83. The van der Waals surface area contributed by atoms with Crippen molar-refractivity contribution in [2.45, 2.75) is 31.4 Å². The summed E-state index contributed by atoms with van der Waals surface area (Å²) >= 11 is 0. The molecular weight excluding hydrogens is 334 g/mol.